The van der Waals surface area contributed by atoms with Gasteiger partial charge in [0.15, 0.2) is 22.1 Å². The van der Waals surface area contributed by atoms with Crippen molar-refractivity contribution in [3.8, 4) is 11.5 Å². The minimum Gasteiger partial charge on any atom is -0.497 e. The number of hydrogen-bond acceptors (Lipinski definition) is 7. The summed E-state index contributed by atoms with van der Waals surface area (Å²) in [6, 6.07) is 14.1. The molecule has 2 N–H and O–H groups in total. The van der Waals surface area contributed by atoms with Crippen molar-refractivity contribution in [2.24, 2.45) is 0 Å². The molecule has 4 aromatic rings. The molecule has 0 unspecified atom stereocenters. The van der Waals surface area contributed by atoms with Gasteiger partial charge in [0.05, 0.1) is 19.1 Å². The van der Waals surface area contributed by atoms with Crippen molar-refractivity contribution in [2.75, 3.05) is 20.0 Å². The van der Waals surface area contributed by atoms with Gasteiger partial charge in [-0.15, -0.1) is 0 Å². The maximum Gasteiger partial charge on any atom is 0.175 e. The first-order valence-corrected chi connectivity index (χ1v) is 10.3. The lowest BCUT2D eigenvalue weighted by molar-refractivity contribution is 0.394. The number of hydrogen-bond donors (Lipinski definition) is 1. The first-order valence-electron chi connectivity index (χ1n) is 9.51. The van der Waals surface area contributed by atoms with E-state index in [1.807, 2.05) is 18.2 Å². The maximum atomic E-state index is 6.08. The van der Waals surface area contributed by atoms with Gasteiger partial charge in [0.2, 0.25) is 0 Å². The number of aryl methyl sites for hydroxylation is 3. The predicted octanol–water partition coefficient (Wildman–Crippen LogP) is 4.13. The maximum absolute atomic E-state index is 6.08. The van der Waals surface area contributed by atoms with Crippen molar-refractivity contribution >= 4 is 28.7 Å². The summed E-state index contributed by atoms with van der Waals surface area (Å²) in [5.74, 6) is 1.87. The lowest BCUT2D eigenvalue weighted by Gasteiger charge is -2.12. The molecule has 30 heavy (non-hydrogen) atoms. The second-order valence-corrected chi connectivity index (χ2v) is 7.78. The lowest BCUT2D eigenvalue weighted by atomic mass is 10.1. The molecule has 0 spiro atoms. The topological polar surface area (TPSA) is 88.1 Å². The second kappa shape index (κ2) is 8.62. The van der Waals surface area contributed by atoms with E-state index >= 15 is 0 Å². The summed E-state index contributed by atoms with van der Waals surface area (Å²) in [5, 5.41) is 0.775. The van der Waals surface area contributed by atoms with E-state index in [1.54, 1.807) is 14.2 Å². The van der Waals surface area contributed by atoms with E-state index in [2.05, 4.69) is 45.7 Å². The molecular weight excluding hydrogens is 398 g/mol. The number of nitrogen functional groups attached to an aromatic ring is 1. The van der Waals surface area contributed by atoms with Crippen LogP contribution >= 0.6 is 11.8 Å². The summed E-state index contributed by atoms with van der Waals surface area (Å²) in [4.78, 5) is 14.2. The number of ether oxygens (including phenoxy) is 2. The lowest BCUT2D eigenvalue weighted by Crippen LogP contribution is -2.05. The van der Waals surface area contributed by atoms with Crippen molar-refractivity contribution < 1.29 is 9.47 Å². The summed E-state index contributed by atoms with van der Waals surface area (Å²) in [7, 11) is 3.29. The van der Waals surface area contributed by atoms with Crippen LogP contribution in [0, 0.1) is 6.92 Å². The molecule has 4 rings (SSSR count). The van der Waals surface area contributed by atoms with Crippen LogP contribution in [-0.4, -0.2) is 33.7 Å². The Labute approximate surface area is 179 Å². The zero-order chi connectivity index (χ0) is 21.1. The van der Waals surface area contributed by atoms with Crippen LogP contribution in [-0.2, 0) is 13.0 Å². The van der Waals surface area contributed by atoms with E-state index in [4.69, 9.17) is 20.2 Å². The van der Waals surface area contributed by atoms with Crippen LogP contribution in [0.1, 0.15) is 11.1 Å². The van der Waals surface area contributed by atoms with Crippen LogP contribution in [0.3, 0.4) is 0 Å². The Morgan fingerprint density at radius 1 is 1.07 bits per heavy atom. The number of anilines is 1. The molecule has 0 aliphatic heterocycles. The Hall–Kier alpha value is -3.26. The molecule has 0 atom stereocenters. The molecule has 0 fully saturated rings. The molecule has 0 saturated heterocycles. The number of methoxy groups -OCH3 is 2. The zero-order valence-corrected chi connectivity index (χ0v) is 17.9. The fraction of sp³-hybridized carbons (Fsp3) is 0.227. The minimum atomic E-state index is 0.370. The van der Waals surface area contributed by atoms with Gasteiger partial charge < -0.3 is 19.8 Å². The minimum absolute atomic E-state index is 0.370. The summed E-state index contributed by atoms with van der Waals surface area (Å²) >= 11 is 1.49. The van der Waals surface area contributed by atoms with E-state index in [0.29, 0.717) is 17.9 Å². The number of nitrogens with two attached hydrogens (primary N) is 1. The highest BCUT2D eigenvalue weighted by atomic mass is 32.2. The molecule has 0 bridgehead atoms. The van der Waals surface area contributed by atoms with Crippen LogP contribution in [0.5, 0.6) is 11.5 Å². The van der Waals surface area contributed by atoms with E-state index in [0.717, 1.165) is 33.6 Å². The Morgan fingerprint density at radius 3 is 2.67 bits per heavy atom. The molecule has 0 aliphatic carbocycles. The average molecular weight is 422 g/mol. The number of fused-ring (bicyclic) bond motifs is 1. The van der Waals surface area contributed by atoms with Crippen molar-refractivity contribution in [3.05, 3.63) is 59.9 Å². The van der Waals surface area contributed by atoms with Gasteiger partial charge in [-0.05, 0) is 54.4 Å². The molecule has 2 heterocycles. The van der Waals surface area contributed by atoms with Crippen LogP contribution in [0.15, 0.2) is 58.8 Å². The fourth-order valence-corrected chi connectivity index (χ4v) is 4.35. The van der Waals surface area contributed by atoms with Gasteiger partial charge in [-0.1, -0.05) is 24.3 Å². The molecule has 8 heteroatoms. The summed E-state index contributed by atoms with van der Waals surface area (Å²) in [6.07, 6.45) is 2.33. The fourth-order valence-electron chi connectivity index (χ4n) is 3.30. The largest absolute Gasteiger partial charge is 0.497 e. The summed E-state index contributed by atoms with van der Waals surface area (Å²) in [6.45, 7) is 2.84. The van der Waals surface area contributed by atoms with Crippen LogP contribution in [0.2, 0.25) is 0 Å². The molecule has 0 radical (unpaired) electrons. The van der Waals surface area contributed by atoms with E-state index in [9.17, 15) is 0 Å². The Bertz CT molecular complexity index is 1190. The Morgan fingerprint density at radius 2 is 1.90 bits per heavy atom. The summed E-state index contributed by atoms with van der Waals surface area (Å²) in [5.41, 5.74) is 9.96. The van der Waals surface area contributed by atoms with Crippen LogP contribution in [0.4, 0.5) is 5.82 Å². The highest BCUT2D eigenvalue weighted by molar-refractivity contribution is 7.99. The van der Waals surface area contributed by atoms with Crippen LogP contribution in [0.25, 0.3) is 11.2 Å². The van der Waals surface area contributed by atoms with Gasteiger partial charge in [0.1, 0.15) is 17.8 Å². The Kier molecular flexibility index (Phi) is 5.76. The number of benzene rings is 2. The van der Waals surface area contributed by atoms with Gasteiger partial charge in [0.25, 0.3) is 0 Å². The van der Waals surface area contributed by atoms with Crippen molar-refractivity contribution in [3.63, 3.8) is 0 Å². The monoisotopic (exact) mass is 421 g/mol. The second-order valence-electron chi connectivity index (χ2n) is 6.77. The van der Waals surface area contributed by atoms with Crippen molar-refractivity contribution in [2.45, 2.75) is 29.9 Å². The third-order valence-electron chi connectivity index (χ3n) is 4.96. The highest BCUT2D eigenvalue weighted by Gasteiger charge is 2.18. The van der Waals surface area contributed by atoms with E-state index in [-0.39, 0.29) is 0 Å². The molecule has 7 nitrogen and oxygen atoms in total. The number of nitrogens with zero attached hydrogens (tertiary/aromatic N) is 4. The third-order valence-corrected chi connectivity index (χ3v) is 6.00. The first-order chi connectivity index (χ1) is 14.6. The molecule has 0 saturated carbocycles. The molecule has 0 aliphatic rings. The molecule has 0 amide bonds. The summed E-state index contributed by atoms with van der Waals surface area (Å²) < 4.78 is 13.0. The molecular formula is C22H23N5O2S. The number of rotatable bonds is 7. The van der Waals surface area contributed by atoms with Crippen molar-refractivity contribution in [1.82, 2.24) is 19.5 Å². The van der Waals surface area contributed by atoms with Gasteiger partial charge in [-0.25, -0.2) is 15.0 Å². The smallest absolute Gasteiger partial charge is 0.175 e. The Balaban J connectivity index is 1.75. The van der Waals surface area contributed by atoms with Gasteiger partial charge in [-0.3, -0.25) is 0 Å². The van der Waals surface area contributed by atoms with Gasteiger partial charge in [0, 0.05) is 6.54 Å². The third kappa shape index (κ3) is 3.91. The molecule has 2 aromatic carbocycles. The van der Waals surface area contributed by atoms with Crippen molar-refractivity contribution in [1.29, 1.82) is 0 Å². The van der Waals surface area contributed by atoms with Crippen LogP contribution < -0.4 is 15.2 Å². The standard InChI is InChI=1S/C22H23N5O2S/c1-14-6-4-5-7-15(14)10-11-27-21-19(20(23)24-13-25-21)26-22(27)30-18-12-16(28-2)8-9-17(18)29-3/h4-9,12-13H,10-11H2,1-3H3,(H2,23,24,25). The van der Waals surface area contributed by atoms with E-state index in [1.165, 1.54) is 29.2 Å². The quantitative estimate of drug-likeness (QED) is 0.480. The first kappa shape index (κ1) is 20.0. The average Bonchev–Trinajstić information content (AvgIpc) is 3.11. The SMILES string of the molecule is COc1ccc(OC)c(Sc2nc3c(N)ncnc3n2CCc2ccccc2C)c1. The van der Waals surface area contributed by atoms with Gasteiger partial charge in [-0.2, -0.15) is 0 Å². The zero-order valence-electron chi connectivity index (χ0n) is 17.1. The molecule has 154 valence electrons. The molecule has 2 aromatic heterocycles. The predicted molar refractivity (Wildman–Crippen MR) is 118 cm³/mol. The highest BCUT2D eigenvalue weighted by Crippen LogP contribution is 2.38. The van der Waals surface area contributed by atoms with Gasteiger partial charge >= 0.3 is 0 Å². The normalized spacial score (nSPS) is 11.0. The number of aromatic nitrogens is 4. The number of imidazole rings is 1. The van der Waals surface area contributed by atoms with E-state index < -0.39 is 0 Å².